The summed E-state index contributed by atoms with van der Waals surface area (Å²) in [4.78, 5) is 0. The van der Waals surface area contributed by atoms with Crippen LogP contribution in [0.4, 0.5) is 0 Å². The molecule has 0 N–H and O–H groups in total. The molecule has 0 aromatic rings. The van der Waals surface area contributed by atoms with E-state index in [1.54, 1.807) is 12.1 Å². The van der Waals surface area contributed by atoms with E-state index in [2.05, 4.69) is 0 Å². The van der Waals surface area contributed by atoms with Gasteiger partial charge >= 0.3 is 0 Å². The van der Waals surface area contributed by atoms with Crippen LogP contribution in [0.5, 0.6) is 0 Å². The summed E-state index contributed by atoms with van der Waals surface area (Å²) in [5.74, 6) is -0.718. The summed E-state index contributed by atoms with van der Waals surface area (Å²) in [6.45, 7) is 0. The maximum Gasteiger partial charge on any atom is 0.204 e. The number of nitriles is 3. The molecule has 1 heterocycles. The molecule has 0 spiro atoms. The minimum atomic E-state index is -0.811. The Labute approximate surface area is 63.5 Å². The van der Waals surface area contributed by atoms with Gasteiger partial charge in [-0.15, -0.1) is 0 Å². The molecule has 0 radical (unpaired) electrons. The molecule has 0 bridgehead atoms. The van der Waals surface area contributed by atoms with Crippen LogP contribution in [0.3, 0.4) is 0 Å². The zero-order valence-electron chi connectivity index (χ0n) is 5.48. The number of hydrogen-bond acceptors (Lipinski definition) is 4. The minimum absolute atomic E-state index is 0.221. The Morgan fingerprint density at radius 3 is 2.45 bits per heavy atom. The van der Waals surface area contributed by atoms with Gasteiger partial charge in [0.25, 0.3) is 0 Å². The van der Waals surface area contributed by atoms with Gasteiger partial charge in [-0.25, -0.2) is 0 Å². The van der Waals surface area contributed by atoms with E-state index < -0.39 is 12.0 Å². The van der Waals surface area contributed by atoms with Crippen molar-refractivity contribution in [3.8, 4) is 18.2 Å². The minimum Gasteiger partial charge on any atom is -0.480 e. The Morgan fingerprint density at radius 2 is 2.00 bits per heavy atom. The normalized spacial score (nSPS) is 27.2. The molecule has 2 atom stereocenters. The molecule has 0 aromatic heterocycles. The van der Waals surface area contributed by atoms with Crippen molar-refractivity contribution in [1.82, 2.24) is 0 Å². The number of rotatable bonds is 0. The first kappa shape index (κ1) is 7.12. The molecule has 4 heteroatoms. The maximum atomic E-state index is 8.50. The average Bonchev–Trinajstić information content (AvgIpc) is 2.45. The lowest BCUT2D eigenvalue weighted by Gasteiger charge is -2.01. The van der Waals surface area contributed by atoms with Crippen molar-refractivity contribution in [3.63, 3.8) is 0 Å². The Balaban J connectivity index is 2.87. The van der Waals surface area contributed by atoms with Crippen molar-refractivity contribution in [2.24, 2.45) is 5.92 Å². The second kappa shape index (κ2) is 2.73. The summed E-state index contributed by atoms with van der Waals surface area (Å²) in [7, 11) is 0. The summed E-state index contributed by atoms with van der Waals surface area (Å²) >= 11 is 0. The second-order valence-electron chi connectivity index (χ2n) is 1.98. The first-order valence-corrected chi connectivity index (χ1v) is 2.88. The largest absolute Gasteiger partial charge is 0.480 e. The third-order valence-corrected chi connectivity index (χ3v) is 1.37. The molecule has 52 valence electrons. The van der Waals surface area contributed by atoms with Gasteiger partial charge in [0.2, 0.25) is 6.10 Å². The van der Waals surface area contributed by atoms with Crippen LogP contribution >= 0.6 is 0 Å². The summed E-state index contributed by atoms with van der Waals surface area (Å²) in [5.41, 5.74) is 0.221. The van der Waals surface area contributed by atoms with E-state index in [0.717, 1.165) is 0 Å². The van der Waals surface area contributed by atoms with Gasteiger partial charge in [-0.2, -0.15) is 15.8 Å². The van der Waals surface area contributed by atoms with E-state index in [0.29, 0.717) is 0 Å². The van der Waals surface area contributed by atoms with E-state index in [1.165, 1.54) is 6.26 Å². The van der Waals surface area contributed by atoms with Gasteiger partial charge in [0.1, 0.15) is 18.2 Å². The van der Waals surface area contributed by atoms with E-state index in [4.69, 9.17) is 20.5 Å². The standard InChI is InChI=1S/C7H3N3O/c8-1-5-4-11-7(3-10)6(5)2-9/h4,6-7H. The van der Waals surface area contributed by atoms with Crippen LogP contribution in [-0.4, -0.2) is 6.10 Å². The molecule has 1 rings (SSSR count). The third-order valence-electron chi connectivity index (χ3n) is 1.37. The lowest BCUT2D eigenvalue weighted by Crippen LogP contribution is -2.13. The number of nitrogens with zero attached hydrogens (tertiary/aromatic N) is 3. The highest BCUT2D eigenvalue weighted by molar-refractivity contribution is 5.33. The zero-order chi connectivity index (χ0) is 8.27. The molecule has 0 saturated carbocycles. The Bertz CT molecular complexity index is 312. The van der Waals surface area contributed by atoms with Gasteiger partial charge < -0.3 is 4.74 Å². The van der Waals surface area contributed by atoms with Crippen molar-refractivity contribution in [3.05, 3.63) is 11.8 Å². The van der Waals surface area contributed by atoms with E-state index in [1.807, 2.05) is 6.07 Å². The van der Waals surface area contributed by atoms with Crippen LogP contribution in [0.2, 0.25) is 0 Å². The predicted molar refractivity (Wildman–Crippen MR) is 33.3 cm³/mol. The molecule has 0 fully saturated rings. The Kier molecular flexibility index (Phi) is 1.77. The van der Waals surface area contributed by atoms with Crippen molar-refractivity contribution < 1.29 is 4.74 Å². The van der Waals surface area contributed by atoms with Crippen LogP contribution in [0.1, 0.15) is 0 Å². The SMILES string of the molecule is N#CC1=COC(C#N)C1C#N. The first-order valence-electron chi connectivity index (χ1n) is 2.88. The third kappa shape index (κ3) is 1.000. The molecule has 4 nitrogen and oxygen atoms in total. The lowest BCUT2D eigenvalue weighted by atomic mass is 10.00. The molecule has 0 amide bonds. The van der Waals surface area contributed by atoms with Crippen molar-refractivity contribution in [2.75, 3.05) is 0 Å². The first-order chi connectivity index (χ1) is 5.33. The highest BCUT2D eigenvalue weighted by Gasteiger charge is 2.31. The van der Waals surface area contributed by atoms with Crippen LogP contribution in [-0.2, 0) is 4.74 Å². The van der Waals surface area contributed by atoms with Gasteiger partial charge in [-0.05, 0) is 0 Å². The monoisotopic (exact) mass is 145 g/mol. The molecule has 0 aliphatic carbocycles. The highest BCUT2D eigenvalue weighted by Crippen LogP contribution is 2.23. The van der Waals surface area contributed by atoms with Crippen LogP contribution in [0.25, 0.3) is 0 Å². The maximum absolute atomic E-state index is 8.50. The van der Waals surface area contributed by atoms with Gasteiger partial charge in [-0.3, -0.25) is 0 Å². The average molecular weight is 145 g/mol. The topological polar surface area (TPSA) is 80.6 Å². The molecular formula is C7H3N3O. The highest BCUT2D eigenvalue weighted by atomic mass is 16.5. The van der Waals surface area contributed by atoms with Crippen LogP contribution in [0.15, 0.2) is 11.8 Å². The molecule has 1 aliphatic rings. The second-order valence-corrected chi connectivity index (χ2v) is 1.98. The fraction of sp³-hybridized carbons (Fsp3) is 0.286. The van der Waals surface area contributed by atoms with Gasteiger partial charge in [0.05, 0.1) is 17.7 Å². The number of hydrogen-bond donors (Lipinski definition) is 0. The fourth-order valence-electron chi connectivity index (χ4n) is 0.800. The molecular weight excluding hydrogens is 142 g/mol. The summed E-state index contributed by atoms with van der Waals surface area (Å²) in [6.07, 6.45) is 0.358. The van der Waals surface area contributed by atoms with Gasteiger partial charge in [-0.1, -0.05) is 0 Å². The summed E-state index contributed by atoms with van der Waals surface area (Å²) in [5, 5.41) is 25.3. The smallest absolute Gasteiger partial charge is 0.204 e. The summed E-state index contributed by atoms with van der Waals surface area (Å²) in [6, 6.07) is 5.40. The van der Waals surface area contributed by atoms with E-state index in [9.17, 15) is 0 Å². The van der Waals surface area contributed by atoms with Gasteiger partial charge in [0, 0.05) is 0 Å². The van der Waals surface area contributed by atoms with Crippen LogP contribution < -0.4 is 0 Å². The predicted octanol–water partition coefficient (Wildman–Crippen LogP) is 0.456. The molecule has 1 aliphatic heterocycles. The van der Waals surface area contributed by atoms with E-state index in [-0.39, 0.29) is 5.57 Å². The summed E-state index contributed by atoms with van der Waals surface area (Å²) < 4.78 is 4.74. The van der Waals surface area contributed by atoms with E-state index >= 15 is 0 Å². The van der Waals surface area contributed by atoms with Crippen LogP contribution in [0, 0.1) is 39.9 Å². The van der Waals surface area contributed by atoms with Gasteiger partial charge in [0.15, 0.2) is 0 Å². The Hall–Kier alpha value is -1.99. The quantitative estimate of drug-likeness (QED) is 0.495. The fourth-order valence-corrected chi connectivity index (χ4v) is 0.800. The molecule has 2 unspecified atom stereocenters. The zero-order valence-corrected chi connectivity index (χ0v) is 5.48. The lowest BCUT2D eigenvalue weighted by molar-refractivity contribution is 0.202. The van der Waals surface area contributed by atoms with Crippen molar-refractivity contribution in [1.29, 1.82) is 15.8 Å². The van der Waals surface area contributed by atoms with Crippen molar-refractivity contribution >= 4 is 0 Å². The number of ether oxygens (including phenoxy) is 1. The van der Waals surface area contributed by atoms with Crippen molar-refractivity contribution in [2.45, 2.75) is 6.10 Å². The molecule has 11 heavy (non-hydrogen) atoms. The Morgan fingerprint density at radius 1 is 1.27 bits per heavy atom. The molecule has 0 saturated heterocycles. The molecule has 0 aromatic carbocycles.